The van der Waals surface area contributed by atoms with Crippen LogP contribution in [-0.4, -0.2) is 17.1 Å². The van der Waals surface area contributed by atoms with E-state index in [1.54, 1.807) is 12.5 Å². The highest BCUT2D eigenvalue weighted by Crippen LogP contribution is 2.25. The minimum atomic E-state index is -0.126. The molecule has 3 N–H and O–H groups in total. The molecular formula is C12H17N3O. The van der Waals surface area contributed by atoms with Gasteiger partial charge in [0.05, 0.1) is 11.6 Å². The van der Waals surface area contributed by atoms with E-state index >= 15 is 0 Å². The lowest BCUT2D eigenvalue weighted by Crippen LogP contribution is -2.42. The van der Waals surface area contributed by atoms with Crippen molar-refractivity contribution in [2.24, 2.45) is 5.73 Å². The van der Waals surface area contributed by atoms with Crippen LogP contribution in [0.1, 0.15) is 20.3 Å². The van der Waals surface area contributed by atoms with E-state index in [9.17, 15) is 0 Å². The second kappa shape index (κ2) is 4.14. The van der Waals surface area contributed by atoms with Gasteiger partial charge in [0.25, 0.3) is 0 Å². The van der Waals surface area contributed by atoms with E-state index in [0.29, 0.717) is 6.54 Å². The molecule has 16 heavy (non-hydrogen) atoms. The first-order valence-electron chi connectivity index (χ1n) is 5.49. The van der Waals surface area contributed by atoms with E-state index in [4.69, 9.17) is 10.2 Å². The maximum absolute atomic E-state index is 5.77. The molecule has 4 heteroatoms. The third kappa shape index (κ3) is 1.88. The minimum Gasteiger partial charge on any atom is -0.464 e. The lowest BCUT2D eigenvalue weighted by molar-refractivity contribution is 0.505. The van der Waals surface area contributed by atoms with Gasteiger partial charge in [0.15, 0.2) is 0 Å². The number of nitrogens with one attached hydrogen (secondary N) is 1. The van der Waals surface area contributed by atoms with Crippen LogP contribution >= 0.6 is 0 Å². The van der Waals surface area contributed by atoms with Gasteiger partial charge < -0.3 is 15.5 Å². The number of fused-ring (bicyclic) bond motifs is 1. The topological polar surface area (TPSA) is 64.1 Å². The predicted molar refractivity (Wildman–Crippen MR) is 65.4 cm³/mol. The summed E-state index contributed by atoms with van der Waals surface area (Å²) in [5.74, 6) is 0.834. The molecule has 0 aliphatic rings. The molecule has 0 saturated heterocycles. The Labute approximate surface area is 94.8 Å². The average Bonchev–Trinajstić information content (AvgIpc) is 2.78. The minimum absolute atomic E-state index is 0.126. The monoisotopic (exact) mass is 219 g/mol. The Kier molecular flexibility index (Phi) is 2.83. The molecule has 2 aromatic heterocycles. The summed E-state index contributed by atoms with van der Waals surface area (Å²) < 4.78 is 5.33. The summed E-state index contributed by atoms with van der Waals surface area (Å²) in [6, 6.07) is 3.77. The Balaban J connectivity index is 2.37. The molecule has 0 aliphatic heterocycles. The van der Waals surface area contributed by atoms with E-state index < -0.39 is 0 Å². The zero-order chi connectivity index (χ0) is 11.6. The van der Waals surface area contributed by atoms with Gasteiger partial charge in [-0.2, -0.15) is 0 Å². The second-order valence-corrected chi connectivity index (χ2v) is 4.24. The maximum atomic E-state index is 5.77. The van der Waals surface area contributed by atoms with Crippen molar-refractivity contribution in [3.05, 3.63) is 24.6 Å². The number of hydrogen-bond acceptors (Lipinski definition) is 4. The fraction of sp³-hybridized carbons (Fsp3) is 0.417. The SMILES string of the molecule is CCC(C)(CN)Nc1nccc2occc12. The first kappa shape index (κ1) is 11.0. The molecule has 1 unspecified atom stereocenters. The summed E-state index contributed by atoms with van der Waals surface area (Å²) in [6.07, 6.45) is 4.35. The predicted octanol–water partition coefficient (Wildman–Crippen LogP) is 2.37. The highest BCUT2D eigenvalue weighted by Gasteiger charge is 2.21. The average molecular weight is 219 g/mol. The Morgan fingerprint density at radius 2 is 2.31 bits per heavy atom. The largest absolute Gasteiger partial charge is 0.464 e. The molecule has 4 nitrogen and oxygen atoms in total. The quantitative estimate of drug-likeness (QED) is 0.828. The molecule has 1 atom stereocenters. The number of pyridine rings is 1. The summed E-state index contributed by atoms with van der Waals surface area (Å²) in [5.41, 5.74) is 6.49. The smallest absolute Gasteiger partial charge is 0.139 e. The molecule has 2 aromatic rings. The Morgan fingerprint density at radius 3 is 3.00 bits per heavy atom. The van der Waals surface area contributed by atoms with Crippen molar-refractivity contribution in [1.82, 2.24) is 4.98 Å². The van der Waals surface area contributed by atoms with Gasteiger partial charge >= 0.3 is 0 Å². The molecule has 0 aliphatic carbocycles. The van der Waals surface area contributed by atoms with Crippen LogP contribution in [0.2, 0.25) is 0 Å². The van der Waals surface area contributed by atoms with E-state index in [1.165, 1.54) is 0 Å². The van der Waals surface area contributed by atoms with Crippen molar-refractivity contribution < 1.29 is 4.42 Å². The number of hydrogen-bond donors (Lipinski definition) is 2. The number of furan rings is 1. The number of rotatable bonds is 4. The van der Waals surface area contributed by atoms with Crippen molar-refractivity contribution in [2.75, 3.05) is 11.9 Å². The summed E-state index contributed by atoms with van der Waals surface area (Å²) in [7, 11) is 0. The van der Waals surface area contributed by atoms with Crippen molar-refractivity contribution in [2.45, 2.75) is 25.8 Å². The summed E-state index contributed by atoms with van der Waals surface area (Å²) in [6.45, 7) is 4.77. The van der Waals surface area contributed by atoms with Crippen molar-refractivity contribution in [3.63, 3.8) is 0 Å². The molecule has 2 heterocycles. The first-order valence-corrected chi connectivity index (χ1v) is 5.49. The van der Waals surface area contributed by atoms with E-state index in [2.05, 4.69) is 24.1 Å². The molecule has 0 fully saturated rings. The van der Waals surface area contributed by atoms with Gasteiger partial charge in [-0.15, -0.1) is 0 Å². The standard InChI is InChI=1S/C12H17N3O/c1-3-12(2,8-13)15-11-9-5-7-16-10(9)4-6-14-11/h4-7H,3,8,13H2,1-2H3,(H,14,15). The number of aromatic nitrogens is 1. The van der Waals surface area contributed by atoms with Crippen LogP contribution in [-0.2, 0) is 0 Å². The van der Waals surface area contributed by atoms with Crippen LogP contribution < -0.4 is 11.1 Å². The molecule has 0 saturated carbocycles. The summed E-state index contributed by atoms with van der Waals surface area (Å²) in [5, 5.41) is 4.38. The van der Waals surface area contributed by atoms with Gasteiger partial charge in [0.2, 0.25) is 0 Å². The molecule has 2 rings (SSSR count). The normalized spacial score (nSPS) is 14.9. The van der Waals surface area contributed by atoms with E-state index in [-0.39, 0.29) is 5.54 Å². The summed E-state index contributed by atoms with van der Waals surface area (Å²) in [4.78, 5) is 4.33. The molecule has 0 aromatic carbocycles. The molecule has 0 bridgehead atoms. The Hall–Kier alpha value is -1.55. The molecule has 86 valence electrons. The molecule has 0 spiro atoms. The fourth-order valence-electron chi connectivity index (χ4n) is 1.56. The van der Waals surface area contributed by atoms with Crippen LogP contribution in [0.4, 0.5) is 5.82 Å². The van der Waals surface area contributed by atoms with Crippen LogP contribution in [0.3, 0.4) is 0 Å². The van der Waals surface area contributed by atoms with Gasteiger partial charge in [0, 0.05) is 18.3 Å². The van der Waals surface area contributed by atoms with Gasteiger partial charge in [-0.3, -0.25) is 0 Å². The maximum Gasteiger partial charge on any atom is 0.139 e. The summed E-state index contributed by atoms with van der Waals surface area (Å²) >= 11 is 0. The number of nitrogens with zero attached hydrogens (tertiary/aromatic N) is 1. The highest BCUT2D eigenvalue weighted by atomic mass is 16.3. The highest BCUT2D eigenvalue weighted by molar-refractivity contribution is 5.88. The lowest BCUT2D eigenvalue weighted by Gasteiger charge is -2.28. The van der Waals surface area contributed by atoms with E-state index in [1.807, 2.05) is 12.1 Å². The van der Waals surface area contributed by atoms with Crippen molar-refractivity contribution in [3.8, 4) is 0 Å². The van der Waals surface area contributed by atoms with Crippen molar-refractivity contribution >= 4 is 16.8 Å². The third-order valence-corrected chi connectivity index (χ3v) is 3.03. The number of nitrogens with two attached hydrogens (primary N) is 1. The molecule has 0 radical (unpaired) electrons. The van der Waals surface area contributed by atoms with Gasteiger partial charge in [0.1, 0.15) is 11.4 Å². The van der Waals surface area contributed by atoms with E-state index in [0.717, 1.165) is 23.2 Å². The third-order valence-electron chi connectivity index (χ3n) is 3.03. The first-order chi connectivity index (χ1) is 7.68. The van der Waals surface area contributed by atoms with Gasteiger partial charge in [-0.05, 0) is 25.5 Å². The number of anilines is 1. The molecule has 0 amide bonds. The van der Waals surface area contributed by atoms with Crippen LogP contribution in [0, 0.1) is 0 Å². The Bertz CT molecular complexity index is 474. The van der Waals surface area contributed by atoms with Crippen molar-refractivity contribution in [1.29, 1.82) is 0 Å². The zero-order valence-corrected chi connectivity index (χ0v) is 9.66. The Morgan fingerprint density at radius 1 is 1.50 bits per heavy atom. The second-order valence-electron chi connectivity index (χ2n) is 4.24. The fourth-order valence-corrected chi connectivity index (χ4v) is 1.56. The zero-order valence-electron chi connectivity index (χ0n) is 9.66. The lowest BCUT2D eigenvalue weighted by atomic mass is 9.99. The van der Waals surface area contributed by atoms with Crippen LogP contribution in [0.15, 0.2) is 29.0 Å². The van der Waals surface area contributed by atoms with Gasteiger partial charge in [-0.1, -0.05) is 6.92 Å². The van der Waals surface area contributed by atoms with Crippen LogP contribution in [0.5, 0.6) is 0 Å². The van der Waals surface area contributed by atoms with Gasteiger partial charge in [-0.25, -0.2) is 4.98 Å². The van der Waals surface area contributed by atoms with Crippen LogP contribution in [0.25, 0.3) is 11.0 Å². The molecular weight excluding hydrogens is 202 g/mol.